The molecule has 5 nitrogen and oxygen atoms in total. The van der Waals surface area contributed by atoms with Crippen LogP contribution in [0.5, 0.6) is 0 Å². The molecule has 0 aromatic rings. The van der Waals surface area contributed by atoms with E-state index in [1.807, 2.05) is 0 Å². The summed E-state index contributed by atoms with van der Waals surface area (Å²) in [5, 5.41) is 0. The van der Waals surface area contributed by atoms with Crippen LogP contribution in [0.3, 0.4) is 0 Å². The van der Waals surface area contributed by atoms with Gasteiger partial charge in [0.15, 0.2) is 0 Å². The second-order valence-corrected chi connectivity index (χ2v) is 5.22. The van der Waals surface area contributed by atoms with E-state index in [4.69, 9.17) is 4.89 Å². The topological polar surface area (TPSA) is 69.6 Å². The average molecular weight is 211 g/mol. The van der Waals surface area contributed by atoms with Gasteiger partial charge in [-0.3, -0.25) is 4.57 Å². The van der Waals surface area contributed by atoms with Gasteiger partial charge in [-0.2, -0.15) is 0 Å². The smallest absolute Gasteiger partial charge is 0.265 e. The molecule has 0 fully saturated rings. The summed E-state index contributed by atoms with van der Waals surface area (Å²) >= 11 is 0. The Morgan fingerprint density at radius 2 is 1.92 bits per heavy atom. The lowest BCUT2D eigenvalue weighted by atomic mass is 10.3. The third-order valence-electron chi connectivity index (χ3n) is 1.48. The number of hydrogen-bond acceptors (Lipinski definition) is 3. The minimum atomic E-state index is -4.50. The molecule has 0 aliphatic heterocycles. The van der Waals surface area contributed by atoms with E-state index < -0.39 is 7.82 Å². The molecule has 0 saturated carbocycles. The highest BCUT2D eigenvalue weighted by molar-refractivity contribution is 7.44. The molecule has 0 aliphatic carbocycles. The number of hydrogen-bond donors (Lipinski definition) is 1. The molecule has 0 bridgehead atoms. The number of rotatable bonds is 6. The highest BCUT2D eigenvalue weighted by Gasteiger charge is 2.06. The molecular weight excluding hydrogens is 193 g/mol. The summed E-state index contributed by atoms with van der Waals surface area (Å²) in [6, 6.07) is 0. The molecule has 6 heteroatoms. The zero-order chi connectivity index (χ0) is 10.5. The highest BCUT2D eigenvalue weighted by Crippen LogP contribution is 2.30. The predicted octanol–water partition coefficient (Wildman–Crippen LogP) is -0.0499. The summed E-state index contributed by atoms with van der Waals surface area (Å²) in [6.07, 6.45) is 1.52. The van der Waals surface area contributed by atoms with Crippen LogP contribution in [0.1, 0.15) is 12.8 Å². The zero-order valence-electron chi connectivity index (χ0n) is 8.39. The van der Waals surface area contributed by atoms with Crippen molar-refractivity contribution >= 4 is 7.82 Å². The van der Waals surface area contributed by atoms with Crippen molar-refractivity contribution in [2.75, 3.05) is 34.3 Å². The molecule has 0 aromatic carbocycles. The molecule has 0 aliphatic rings. The molecule has 0 rings (SSSR count). The number of phosphoric acid groups is 1. The van der Waals surface area contributed by atoms with E-state index in [2.05, 4.69) is 25.7 Å². The molecule has 80 valence electrons. The first kappa shape index (κ1) is 13.1. The maximum absolute atomic E-state index is 10.1. The van der Waals surface area contributed by atoms with Gasteiger partial charge >= 0.3 is 0 Å². The molecule has 1 unspecified atom stereocenters. The van der Waals surface area contributed by atoms with Gasteiger partial charge in [-0.1, -0.05) is 0 Å². The fraction of sp³-hybridized carbons (Fsp3) is 1.00. The minimum Gasteiger partial charge on any atom is -0.756 e. The van der Waals surface area contributed by atoms with Gasteiger partial charge in [0.05, 0.1) is 34.3 Å². The van der Waals surface area contributed by atoms with Crippen molar-refractivity contribution in [1.82, 2.24) is 0 Å². The molecule has 0 aromatic heterocycles. The molecule has 13 heavy (non-hydrogen) atoms. The van der Waals surface area contributed by atoms with Gasteiger partial charge in [0.1, 0.15) is 0 Å². The molecule has 0 spiro atoms. The second-order valence-electron chi connectivity index (χ2n) is 4.02. The van der Waals surface area contributed by atoms with Gasteiger partial charge in [-0.25, -0.2) is 0 Å². The van der Waals surface area contributed by atoms with E-state index >= 15 is 0 Å². The van der Waals surface area contributed by atoms with Gasteiger partial charge < -0.3 is 18.8 Å². The molecule has 0 heterocycles. The van der Waals surface area contributed by atoms with E-state index in [9.17, 15) is 9.46 Å². The molecule has 1 atom stereocenters. The Bertz CT molecular complexity index is 183. The van der Waals surface area contributed by atoms with Crippen LogP contribution in [0.2, 0.25) is 0 Å². The lowest BCUT2D eigenvalue weighted by Crippen LogP contribution is -2.35. The van der Waals surface area contributed by atoms with E-state index in [0.29, 0.717) is 6.42 Å². The van der Waals surface area contributed by atoms with Crippen LogP contribution in [0.4, 0.5) is 0 Å². The van der Waals surface area contributed by atoms with Gasteiger partial charge in [0.25, 0.3) is 7.82 Å². The number of quaternary nitrogens is 1. The Kier molecular flexibility index (Phi) is 5.10. The molecule has 1 N–H and O–H groups in total. The van der Waals surface area contributed by atoms with Crippen LogP contribution in [0.15, 0.2) is 0 Å². The maximum atomic E-state index is 10.1. The Hall–Kier alpha value is 0.0700. The van der Waals surface area contributed by atoms with Crippen molar-refractivity contribution in [3.63, 3.8) is 0 Å². The average Bonchev–Trinajstić information content (AvgIpc) is 1.81. The van der Waals surface area contributed by atoms with Gasteiger partial charge in [0.2, 0.25) is 0 Å². The van der Waals surface area contributed by atoms with Gasteiger partial charge in [0, 0.05) is 0 Å². The Balaban J connectivity index is 3.33. The Labute approximate surface area is 79.2 Å². The van der Waals surface area contributed by atoms with E-state index in [1.54, 1.807) is 0 Å². The quantitative estimate of drug-likeness (QED) is 0.380. The zero-order valence-corrected chi connectivity index (χ0v) is 9.29. The van der Waals surface area contributed by atoms with E-state index in [1.165, 1.54) is 0 Å². The maximum Gasteiger partial charge on any atom is 0.265 e. The van der Waals surface area contributed by atoms with E-state index in [0.717, 1.165) is 17.4 Å². The van der Waals surface area contributed by atoms with Crippen molar-refractivity contribution in [2.45, 2.75) is 12.8 Å². The molecule has 0 saturated heterocycles. The normalized spacial score (nSPS) is 17.0. The summed E-state index contributed by atoms with van der Waals surface area (Å²) in [7, 11) is 1.68. The first-order valence-electron chi connectivity index (χ1n) is 4.19. The van der Waals surface area contributed by atoms with Crippen molar-refractivity contribution in [3.8, 4) is 0 Å². The van der Waals surface area contributed by atoms with Crippen LogP contribution in [-0.2, 0) is 9.09 Å². The Morgan fingerprint density at radius 3 is 2.31 bits per heavy atom. The van der Waals surface area contributed by atoms with Crippen molar-refractivity contribution in [2.24, 2.45) is 0 Å². The summed E-state index contributed by atoms with van der Waals surface area (Å²) < 4.78 is 15.2. The summed E-state index contributed by atoms with van der Waals surface area (Å²) in [5.74, 6) is 0. The standard InChI is InChI=1S/C7H18NO4P/c1-8(2,3)6-4-5-7-12-13(9,10)11/h4-7H2,1-3H3,(H-,9,10,11). The fourth-order valence-electron chi connectivity index (χ4n) is 0.868. The van der Waals surface area contributed by atoms with Crippen LogP contribution >= 0.6 is 7.82 Å². The first-order valence-corrected chi connectivity index (χ1v) is 5.69. The van der Waals surface area contributed by atoms with Crippen LogP contribution in [0.25, 0.3) is 0 Å². The number of phosphoric ester groups is 1. The van der Waals surface area contributed by atoms with Crippen molar-refractivity contribution in [3.05, 3.63) is 0 Å². The lowest BCUT2D eigenvalue weighted by molar-refractivity contribution is -0.870. The number of unbranched alkanes of at least 4 members (excludes halogenated alkanes) is 1. The van der Waals surface area contributed by atoms with Crippen LogP contribution in [-0.4, -0.2) is 43.7 Å². The largest absolute Gasteiger partial charge is 0.756 e. The Morgan fingerprint density at radius 1 is 1.38 bits per heavy atom. The predicted molar refractivity (Wildman–Crippen MR) is 47.9 cm³/mol. The molecular formula is C7H18NO4P. The van der Waals surface area contributed by atoms with Gasteiger partial charge in [-0.15, -0.1) is 0 Å². The fourth-order valence-corrected chi connectivity index (χ4v) is 1.23. The summed E-state index contributed by atoms with van der Waals surface area (Å²) in [5.41, 5.74) is 0. The second kappa shape index (κ2) is 5.08. The SMILES string of the molecule is C[N+](C)(C)CCCCOP(=O)([O-])O. The summed E-state index contributed by atoms with van der Waals surface area (Å²) in [6.45, 7) is 1.02. The monoisotopic (exact) mass is 211 g/mol. The lowest BCUT2D eigenvalue weighted by Gasteiger charge is -2.23. The number of nitrogens with zero attached hydrogens (tertiary/aromatic N) is 1. The van der Waals surface area contributed by atoms with Crippen LogP contribution < -0.4 is 4.89 Å². The van der Waals surface area contributed by atoms with Crippen molar-refractivity contribution < 1.29 is 23.4 Å². The molecule has 0 amide bonds. The first-order chi connectivity index (χ1) is 5.71. The molecule has 0 radical (unpaired) electrons. The van der Waals surface area contributed by atoms with Crippen LogP contribution in [0, 0.1) is 0 Å². The third kappa shape index (κ3) is 12.1. The highest BCUT2D eigenvalue weighted by atomic mass is 31.2. The van der Waals surface area contributed by atoms with Crippen molar-refractivity contribution in [1.29, 1.82) is 0 Å². The van der Waals surface area contributed by atoms with E-state index in [-0.39, 0.29) is 6.61 Å². The third-order valence-corrected chi connectivity index (χ3v) is 1.99. The summed E-state index contributed by atoms with van der Waals surface area (Å²) in [4.78, 5) is 18.4. The van der Waals surface area contributed by atoms with Gasteiger partial charge in [-0.05, 0) is 12.8 Å². The minimum absolute atomic E-state index is 0.0667.